The molecular formula is C12H15BrSi. The molecule has 0 fully saturated rings. The lowest BCUT2D eigenvalue weighted by molar-refractivity contribution is 1.32. The minimum atomic E-state index is -1.19. The molecule has 1 aliphatic rings. The maximum absolute atomic E-state index is 3.60. The monoisotopic (exact) mass is 266 g/mol. The highest BCUT2D eigenvalue weighted by Crippen LogP contribution is 2.24. The van der Waals surface area contributed by atoms with Crippen molar-refractivity contribution in [3.8, 4) is 0 Å². The highest BCUT2D eigenvalue weighted by Gasteiger charge is 2.23. The van der Waals surface area contributed by atoms with Gasteiger partial charge in [0.15, 0.2) is 0 Å². The molecule has 1 aliphatic carbocycles. The summed E-state index contributed by atoms with van der Waals surface area (Å²) in [5, 5.41) is 1.60. The predicted octanol–water partition coefficient (Wildman–Crippen LogP) is 3.56. The van der Waals surface area contributed by atoms with E-state index in [1.54, 1.807) is 10.8 Å². The van der Waals surface area contributed by atoms with Crippen molar-refractivity contribution in [2.75, 3.05) is 0 Å². The number of benzene rings is 1. The van der Waals surface area contributed by atoms with Crippen LogP contribution in [0.2, 0.25) is 19.6 Å². The quantitative estimate of drug-likeness (QED) is 0.682. The van der Waals surface area contributed by atoms with Crippen LogP contribution in [0.5, 0.6) is 0 Å². The van der Waals surface area contributed by atoms with Crippen LogP contribution in [0.15, 0.2) is 22.7 Å². The van der Waals surface area contributed by atoms with Gasteiger partial charge in [0, 0.05) is 4.47 Å². The van der Waals surface area contributed by atoms with Crippen molar-refractivity contribution in [3.63, 3.8) is 0 Å². The van der Waals surface area contributed by atoms with E-state index < -0.39 is 8.07 Å². The van der Waals surface area contributed by atoms with E-state index in [-0.39, 0.29) is 0 Å². The van der Waals surface area contributed by atoms with E-state index in [1.165, 1.54) is 10.0 Å². The van der Waals surface area contributed by atoms with Crippen molar-refractivity contribution in [2.24, 2.45) is 0 Å². The fourth-order valence-corrected chi connectivity index (χ4v) is 4.43. The zero-order valence-electron chi connectivity index (χ0n) is 8.89. The largest absolute Gasteiger partial charge is 0.0795 e. The third kappa shape index (κ3) is 1.73. The molecule has 14 heavy (non-hydrogen) atoms. The summed E-state index contributed by atoms with van der Waals surface area (Å²) in [7, 11) is -1.19. The molecule has 0 saturated heterocycles. The zero-order chi connectivity index (χ0) is 10.3. The summed E-state index contributed by atoms with van der Waals surface area (Å²) in [6, 6.07) is 4.54. The van der Waals surface area contributed by atoms with Crippen LogP contribution in [0.3, 0.4) is 0 Å². The molecule has 0 amide bonds. The van der Waals surface area contributed by atoms with Crippen molar-refractivity contribution >= 4 is 35.3 Å². The number of fused-ring (bicyclic) bond motifs is 1. The lowest BCUT2D eigenvalue weighted by Gasteiger charge is -2.21. The van der Waals surface area contributed by atoms with Crippen molar-refractivity contribution in [1.82, 2.24) is 0 Å². The first-order chi connectivity index (χ1) is 6.48. The van der Waals surface area contributed by atoms with Crippen molar-refractivity contribution in [3.05, 3.63) is 33.8 Å². The maximum atomic E-state index is 3.60. The Bertz CT molecular complexity index is 400. The van der Waals surface area contributed by atoms with Crippen LogP contribution in [0.4, 0.5) is 0 Å². The van der Waals surface area contributed by atoms with Crippen LogP contribution in [-0.2, 0) is 6.42 Å². The molecule has 0 atom stereocenters. The number of halogens is 1. The first kappa shape index (κ1) is 10.2. The van der Waals surface area contributed by atoms with Gasteiger partial charge in [-0.1, -0.05) is 52.9 Å². The van der Waals surface area contributed by atoms with Gasteiger partial charge in [-0.3, -0.25) is 0 Å². The Balaban J connectivity index is 2.63. The molecule has 0 heterocycles. The molecule has 0 bridgehead atoms. The summed E-state index contributed by atoms with van der Waals surface area (Å²) in [5.41, 5.74) is 2.98. The summed E-state index contributed by atoms with van der Waals surface area (Å²) in [4.78, 5) is 0. The second-order valence-electron chi connectivity index (χ2n) is 4.88. The van der Waals surface area contributed by atoms with Crippen LogP contribution >= 0.6 is 15.9 Å². The predicted molar refractivity (Wildman–Crippen MR) is 69.9 cm³/mol. The van der Waals surface area contributed by atoms with Gasteiger partial charge in [-0.15, -0.1) is 0 Å². The van der Waals surface area contributed by atoms with Gasteiger partial charge in [0.1, 0.15) is 0 Å². The molecule has 0 aromatic heterocycles. The second kappa shape index (κ2) is 3.35. The lowest BCUT2D eigenvalue weighted by atomic mass is 10.1. The standard InChI is InChI=1S/C12H15BrSi/c1-14(2,3)12-8-10(13)7-9-5-4-6-11(9)12/h4-5,7-8H,6H2,1-3H3. The Morgan fingerprint density at radius 2 is 1.93 bits per heavy atom. The minimum Gasteiger partial charge on any atom is -0.0795 e. The molecule has 0 N–H and O–H groups in total. The first-order valence-corrected chi connectivity index (χ1v) is 9.27. The van der Waals surface area contributed by atoms with Crippen LogP contribution in [0.25, 0.3) is 6.08 Å². The summed E-state index contributed by atoms with van der Waals surface area (Å²) >= 11 is 3.60. The van der Waals surface area contributed by atoms with E-state index in [1.807, 2.05) is 0 Å². The van der Waals surface area contributed by atoms with Gasteiger partial charge in [-0.25, -0.2) is 0 Å². The molecule has 1 aromatic rings. The molecule has 0 unspecified atom stereocenters. The first-order valence-electron chi connectivity index (χ1n) is 4.98. The van der Waals surface area contributed by atoms with Crippen LogP contribution in [0, 0.1) is 0 Å². The Morgan fingerprint density at radius 1 is 1.21 bits per heavy atom. The number of rotatable bonds is 1. The van der Waals surface area contributed by atoms with E-state index in [2.05, 4.69) is 59.9 Å². The molecule has 1 aromatic carbocycles. The molecule has 2 heteroatoms. The van der Waals surface area contributed by atoms with Gasteiger partial charge in [0.05, 0.1) is 8.07 Å². The zero-order valence-corrected chi connectivity index (χ0v) is 11.5. The Labute approximate surface area is 95.2 Å². The van der Waals surface area contributed by atoms with Gasteiger partial charge < -0.3 is 0 Å². The molecule has 0 nitrogen and oxygen atoms in total. The van der Waals surface area contributed by atoms with Gasteiger partial charge >= 0.3 is 0 Å². The molecule has 74 valence electrons. The number of hydrogen-bond donors (Lipinski definition) is 0. The molecule has 0 saturated carbocycles. The van der Waals surface area contributed by atoms with Crippen molar-refractivity contribution < 1.29 is 0 Å². The molecule has 0 spiro atoms. The van der Waals surface area contributed by atoms with E-state index in [4.69, 9.17) is 0 Å². The second-order valence-corrected chi connectivity index (χ2v) is 10.8. The van der Waals surface area contributed by atoms with Crippen LogP contribution < -0.4 is 5.19 Å². The SMILES string of the molecule is C[Si](C)(C)c1cc(Br)cc2c1CC=C2. The number of allylic oxidation sites excluding steroid dienone is 1. The minimum absolute atomic E-state index is 1.13. The summed E-state index contributed by atoms with van der Waals surface area (Å²) < 4.78 is 1.22. The van der Waals surface area contributed by atoms with Crippen molar-refractivity contribution in [1.29, 1.82) is 0 Å². The normalized spacial score (nSPS) is 14.6. The van der Waals surface area contributed by atoms with Gasteiger partial charge in [0.2, 0.25) is 0 Å². The topological polar surface area (TPSA) is 0 Å². The van der Waals surface area contributed by atoms with Crippen LogP contribution in [0.1, 0.15) is 11.1 Å². The maximum Gasteiger partial charge on any atom is 0.0780 e. The van der Waals surface area contributed by atoms with E-state index >= 15 is 0 Å². The van der Waals surface area contributed by atoms with E-state index in [9.17, 15) is 0 Å². The molecule has 0 radical (unpaired) electrons. The van der Waals surface area contributed by atoms with Gasteiger partial charge in [-0.05, 0) is 29.7 Å². The average Bonchev–Trinajstić information content (AvgIpc) is 2.47. The lowest BCUT2D eigenvalue weighted by Crippen LogP contribution is -2.40. The third-order valence-corrected chi connectivity index (χ3v) is 5.20. The number of hydrogen-bond acceptors (Lipinski definition) is 0. The third-order valence-electron chi connectivity index (χ3n) is 2.68. The molecule has 2 rings (SSSR count). The Morgan fingerprint density at radius 3 is 2.57 bits per heavy atom. The van der Waals surface area contributed by atoms with E-state index in [0.29, 0.717) is 0 Å². The van der Waals surface area contributed by atoms with Crippen molar-refractivity contribution in [2.45, 2.75) is 26.1 Å². The van der Waals surface area contributed by atoms with Crippen LogP contribution in [-0.4, -0.2) is 8.07 Å². The summed E-state index contributed by atoms with van der Waals surface area (Å²) in [6.07, 6.45) is 5.63. The fourth-order valence-electron chi connectivity index (χ4n) is 2.01. The fraction of sp³-hybridized carbons (Fsp3) is 0.333. The van der Waals surface area contributed by atoms with E-state index in [0.717, 1.165) is 6.42 Å². The van der Waals surface area contributed by atoms with Gasteiger partial charge in [0.25, 0.3) is 0 Å². The highest BCUT2D eigenvalue weighted by molar-refractivity contribution is 9.10. The summed E-state index contributed by atoms with van der Waals surface area (Å²) in [6.45, 7) is 7.23. The average molecular weight is 267 g/mol. The van der Waals surface area contributed by atoms with Gasteiger partial charge in [-0.2, -0.15) is 0 Å². The Kier molecular flexibility index (Phi) is 2.44. The molecule has 0 aliphatic heterocycles. The Hall–Kier alpha value is -0.343. The highest BCUT2D eigenvalue weighted by atomic mass is 79.9. The smallest absolute Gasteiger partial charge is 0.0780 e. The summed E-state index contributed by atoms with van der Waals surface area (Å²) in [5.74, 6) is 0. The molecular weight excluding hydrogens is 252 g/mol.